The first-order valence-corrected chi connectivity index (χ1v) is 7.61. The molecule has 4 heteroatoms. The summed E-state index contributed by atoms with van der Waals surface area (Å²) in [5.41, 5.74) is 2.17. The predicted molar refractivity (Wildman–Crippen MR) is 86.2 cm³/mol. The monoisotopic (exact) mass is 285 g/mol. The number of amides is 1. The molecule has 2 N–H and O–H groups in total. The van der Waals surface area contributed by atoms with E-state index in [9.17, 15) is 4.79 Å². The maximum absolute atomic E-state index is 11.8. The quantitative estimate of drug-likeness (QED) is 0.732. The highest BCUT2D eigenvalue weighted by atomic mass is 16.1. The molecule has 0 aliphatic rings. The molecule has 1 aromatic heterocycles. The Bertz CT molecular complexity index is 578. The summed E-state index contributed by atoms with van der Waals surface area (Å²) in [4.78, 5) is 16.2. The molecule has 0 saturated carbocycles. The van der Waals surface area contributed by atoms with Crippen LogP contribution in [0.15, 0.2) is 36.5 Å². The highest BCUT2D eigenvalue weighted by Crippen LogP contribution is 2.17. The molecule has 0 spiro atoms. The van der Waals surface area contributed by atoms with Crippen molar-refractivity contribution in [2.24, 2.45) is 0 Å². The molecule has 0 fully saturated rings. The van der Waals surface area contributed by atoms with Crippen molar-refractivity contribution in [1.82, 2.24) is 15.6 Å². The summed E-state index contributed by atoms with van der Waals surface area (Å²) < 4.78 is 0. The van der Waals surface area contributed by atoms with Gasteiger partial charge in [-0.2, -0.15) is 0 Å². The van der Waals surface area contributed by atoms with Crippen LogP contribution in [0, 0.1) is 0 Å². The number of pyridine rings is 1. The Morgan fingerprint density at radius 2 is 2.00 bits per heavy atom. The summed E-state index contributed by atoms with van der Waals surface area (Å²) in [6.45, 7) is 4.65. The van der Waals surface area contributed by atoms with Gasteiger partial charge in [0.15, 0.2) is 0 Å². The van der Waals surface area contributed by atoms with Crippen molar-refractivity contribution < 1.29 is 4.79 Å². The molecule has 0 saturated heterocycles. The van der Waals surface area contributed by atoms with E-state index in [1.807, 2.05) is 30.5 Å². The maximum Gasteiger partial charge on any atom is 0.220 e. The second-order valence-corrected chi connectivity index (χ2v) is 5.09. The van der Waals surface area contributed by atoms with Gasteiger partial charge >= 0.3 is 0 Å². The highest BCUT2D eigenvalue weighted by molar-refractivity contribution is 5.83. The van der Waals surface area contributed by atoms with Gasteiger partial charge in [-0.25, -0.2) is 0 Å². The average molecular weight is 285 g/mol. The second kappa shape index (κ2) is 8.37. The number of para-hydroxylation sites is 1. The van der Waals surface area contributed by atoms with Crippen LogP contribution in [0.25, 0.3) is 10.9 Å². The van der Waals surface area contributed by atoms with E-state index in [-0.39, 0.29) is 5.91 Å². The number of aryl methyl sites for hydroxylation is 1. The van der Waals surface area contributed by atoms with E-state index < -0.39 is 0 Å². The molecule has 4 nitrogen and oxygen atoms in total. The number of benzene rings is 1. The summed E-state index contributed by atoms with van der Waals surface area (Å²) in [5.74, 6) is 0.106. The molecule has 0 bridgehead atoms. The smallest absolute Gasteiger partial charge is 0.220 e. The summed E-state index contributed by atoms with van der Waals surface area (Å²) in [7, 11) is 0. The van der Waals surface area contributed by atoms with E-state index >= 15 is 0 Å². The van der Waals surface area contributed by atoms with Crippen molar-refractivity contribution in [1.29, 1.82) is 0 Å². The predicted octanol–water partition coefficient (Wildman–Crippen LogP) is 2.28. The van der Waals surface area contributed by atoms with Gasteiger partial charge in [-0.3, -0.25) is 9.78 Å². The van der Waals surface area contributed by atoms with Crippen molar-refractivity contribution >= 4 is 16.8 Å². The van der Waals surface area contributed by atoms with Crippen molar-refractivity contribution in [3.8, 4) is 0 Å². The number of hydrogen-bond acceptors (Lipinski definition) is 3. The molecule has 0 radical (unpaired) electrons. The van der Waals surface area contributed by atoms with Gasteiger partial charge in [0.1, 0.15) is 0 Å². The third kappa shape index (κ3) is 4.83. The zero-order valence-corrected chi connectivity index (χ0v) is 12.6. The Hall–Kier alpha value is -1.94. The Morgan fingerprint density at radius 1 is 1.14 bits per heavy atom. The van der Waals surface area contributed by atoms with Gasteiger partial charge in [0.05, 0.1) is 5.52 Å². The highest BCUT2D eigenvalue weighted by Gasteiger charge is 2.05. The van der Waals surface area contributed by atoms with Gasteiger partial charge in [0, 0.05) is 31.1 Å². The Morgan fingerprint density at radius 3 is 2.86 bits per heavy atom. The number of carbonyl (C=O) groups is 1. The molecule has 1 heterocycles. The number of nitrogens with one attached hydrogen (secondary N) is 2. The van der Waals surface area contributed by atoms with E-state index in [4.69, 9.17) is 0 Å². The van der Waals surface area contributed by atoms with Crippen LogP contribution in [0.2, 0.25) is 0 Å². The third-order valence-electron chi connectivity index (χ3n) is 3.41. The van der Waals surface area contributed by atoms with Gasteiger partial charge in [0.2, 0.25) is 5.91 Å². The molecule has 0 atom stereocenters. The Labute approximate surface area is 126 Å². The minimum atomic E-state index is 0.106. The number of hydrogen-bond donors (Lipinski definition) is 2. The molecule has 112 valence electrons. The minimum Gasteiger partial charge on any atom is -0.355 e. The number of nitrogens with zero attached hydrogens (tertiary/aromatic N) is 1. The first-order chi connectivity index (χ1) is 10.3. The molecule has 1 aromatic carbocycles. The van der Waals surface area contributed by atoms with E-state index in [1.54, 1.807) is 0 Å². The van der Waals surface area contributed by atoms with Crippen LogP contribution >= 0.6 is 0 Å². The number of carbonyl (C=O) groups excluding carboxylic acids is 1. The summed E-state index contributed by atoms with van der Waals surface area (Å²) in [5, 5.41) is 7.34. The minimum absolute atomic E-state index is 0.106. The van der Waals surface area contributed by atoms with Gasteiger partial charge in [-0.15, -0.1) is 0 Å². The van der Waals surface area contributed by atoms with Gasteiger partial charge in [0.25, 0.3) is 0 Å². The van der Waals surface area contributed by atoms with E-state index in [2.05, 4.69) is 28.6 Å². The summed E-state index contributed by atoms with van der Waals surface area (Å²) in [6.07, 6.45) is 4.19. The lowest BCUT2D eigenvalue weighted by atomic mass is 10.0. The molecule has 2 rings (SSSR count). The molecule has 1 amide bonds. The van der Waals surface area contributed by atoms with Crippen molar-refractivity contribution in [3.63, 3.8) is 0 Å². The van der Waals surface area contributed by atoms with Gasteiger partial charge < -0.3 is 10.6 Å². The molecule has 0 unspecified atom stereocenters. The van der Waals surface area contributed by atoms with E-state index in [1.165, 1.54) is 5.56 Å². The SMILES string of the molecule is CCCNCCNC(=O)CCc1ccnc2ccccc12. The summed E-state index contributed by atoms with van der Waals surface area (Å²) in [6, 6.07) is 10.0. The normalized spacial score (nSPS) is 10.7. The average Bonchev–Trinajstić information content (AvgIpc) is 2.52. The van der Waals surface area contributed by atoms with Crippen molar-refractivity contribution in [3.05, 3.63) is 42.1 Å². The van der Waals surface area contributed by atoms with Crippen molar-refractivity contribution in [2.75, 3.05) is 19.6 Å². The van der Waals surface area contributed by atoms with E-state index in [0.29, 0.717) is 13.0 Å². The molecule has 2 aromatic rings. The first kappa shape index (κ1) is 15.4. The molecule has 21 heavy (non-hydrogen) atoms. The molecule has 0 aliphatic heterocycles. The molecular weight excluding hydrogens is 262 g/mol. The van der Waals surface area contributed by atoms with Crippen LogP contribution < -0.4 is 10.6 Å². The lowest BCUT2D eigenvalue weighted by molar-refractivity contribution is -0.121. The van der Waals surface area contributed by atoms with E-state index in [0.717, 1.165) is 36.8 Å². The van der Waals surface area contributed by atoms with Gasteiger partial charge in [-0.05, 0) is 37.1 Å². The Balaban J connectivity index is 1.80. The van der Waals surface area contributed by atoms with Crippen LogP contribution in [0.3, 0.4) is 0 Å². The second-order valence-electron chi connectivity index (χ2n) is 5.09. The molecule has 0 aliphatic carbocycles. The largest absolute Gasteiger partial charge is 0.355 e. The fraction of sp³-hybridized carbons (Fsp3) is 0.412. The Kier molecular flexibility index (Phi) is 6.16. The van der Waals surface area contributed by atoms with Crippen LogP contribution in [0.1, 0.15) is 25.3 Å². The van der Waals surface area contributed by atoms with Crippen LogP contribution in [-0.2, 0) is 11.2 Å². The standard InChI is InChI=1S/C17H23N3O/c1-2-10-18-12-13-20-17(21)8-7-14-9-11-19-16-6-4-3-5-15(14)16/h3-6,9,11,18H,2,7-8,10,12-13H2,1H3,(H,20,21). The molecular formula is C17H23N3O. The van der Waals surface area contributed by atoms with Gasteiger partial charge in [-0.1, -0.05) is 25.1 Å². The van der Waals surface area contributed by atoms with Crippen LogP contribution in [0.5, 0.6) is 0 Å². The zero-order chi connectivity index (χ0) is 14.9. The lowest BCUT2D eigenvalue weighted by Crippen LogP contribution is -2.32. The number of aromatic nitrogens is 1. The van der Waals surface area contributed by atoms with Crippen LogP contribution in [0.4, 0.5) is 0 Å². The zero-order valence-electron chi connectivity index (χ0n) is 12.6. The lowest BCUT2D eigenvalue weighted by Gasteiger charge is -2.07. The topological polar surface area (TPSA) is 54.0 Å². The first-order valence-electron chi connectivity index (χ1n) is 7.61. The fourth-order valence-corrected chi connectivity index (χ4v) is 2.30. The van der Waals surface area contributed by atoms with Crippen molar-refractivity contribution in [2.45, 2.75) is 26.2 Å². The van der Waals surface area contributed by atoms with Crippen LogP contribution in [-0.4, -0.2) is 30.5 Å². The summed E-state index contributed by atoms with van der Waals surface area (Å²) >= 11 is 0. The number of rotatable bonds is 8. The third-order valence-corrected chi connectivity index (χ3v) is 3.41. The maximum atomic E-state index is 11.8. The number of fused-ring (bicyclic) bond motifs is 1. The fourth-order valence-electron chi connectivity index (χ4n) is 2.30.